The number of nitrogens with zero attached hydrogens (tertiary/aromatic N) is 3. The number of rotatable bonds is 3. The number of benzene rings is 1. The molecule has 2 aromatic rings. The van der Waals surface area contributed by atoms with Crippen LogP contribution >= 0.6 is 0 Å². The first-order valence-electron chi connectivity index (χ1n) is 5.31. The van der Waals surface area contributed by atoms with Gasteiger partial charge in [-0.1, -0.05) is 18.2 Å². The second-order valence-electron chi connectivity index (χ2n) is 3.73. The largest absolute Gasteiger partial charge is 0.329 e. The van der Waals surface area contributed by atoms with Crippen molar-refractivity contribution < 1.29 is 0 Å². The Balaban J connectivity index is 2.37. The van der Waals surface area contributed by atoms with Crippen molar-refractivity contribution in [3.05, 3.63) is 42.1 Å². The van der Waals surface area contributed by atoms with Crippen molar-refractivity contribution in [3.8, 4) is 0 Å². The molecule has 0 saturated heterocycles. The Morgan fingerprint density at radius 3 is 2.71 bits per heavy atom. The predicted molar refractivity (Wildman–Crippen MR) is 69.1 cm³/mol. The smallest absolute Gasteiger partial charge is 0.239 e. The van der Waals surface area contributed by atoms with Crippen molar-refractivity contribution in [2.45, 2.75) is 6.92 Å². The number of hydrazine groups is 1. The average Bonchev–Trinajstić information content (AvgIpc) is 2.38. The Morgan fingerprint density at radius 2 is 2.00 bits per heavy atom. The van der Waals surface area contributed by atoms with Crippen LogP contribution in [0, 0.1) is 6.92 Å². The number of aryl methyl sites for hydroxylation is 1. The predicted octanol–water partition coefficient (Wildman–Crippen LogP) is 1.84. The molecule has 0 aliphatic heterocycles. The van der Waals surface area contributed by atoms with Crippen LogP contribution in [0.1, 0.15) is 5.56 Å². The van der Waals surface area contributed by atoms with Gasteiger partial charge in [-0.15, -0.1) is 0 Å². The molecule has 0 spiro atoms. The highest BCUT2D eigenvalue weighted by atomic mass is 15.3. The van der Waals surface area contributed by atoms with Gasteiger partial charge < -0.3 is 4.90 Å². The third-order valence-electron chi connectivity index (χ3n) is 2.59. The monoisotopic (exact) mass is 229 g/mol. The molecule has 17 heavy (non-hydrogen) atoms. The van der Waals surface area contributed by atoms with Gasteiger partial charge in [0.1, 0.15) is 5.82 Å². The molecule has 0 atom stereocenters. The van der Waals surface area contributed by atoms with Gasteiger partial charge in [-0.3, -0.25) is 5.43 Å². The van der Waals surface area contributed by atoms with Crippen molar-refractivity contribution >= 4 is 17.5 Å². The van der Waals surface area contributed by atoms with Crippen molar-refractivity contribution in [3.63, 3.8) is 0 Å². The molecule has 3 N–H and O–H groups in total. The van der Waals surface area contributed by atoms with Gasteiger partial charge in [0, 0.05) is 18.9 Å². The Labute approximate surface area is 100 Å². The number of hydrogen-bond donors (Lipinski definition) is 2. The zero-order valence-corrected chi connectivity index (χ0v) is 9.88. The molecule has 0 fully saturated rings. The van der Waals surface area contributed by atoms with Crippen LogP contribution < -0.4 is 16.2 Å². The molecular weight excluding hydrogens is 214 g/mol. The number of para-hydroxylation sites is 1. The second-order valence-corrected chi connectivity index (χ2v) is 3.73. The second kappa shape index (κ2) is 4.80. The molecule has 0 aliphatic carbocycles. The average molecular weight is 229 g/mol. The van der Waals surface area contributed by atoms with Crippen LogP contribution in [0.25, 0.3) is 0 Å². The lowest BCUT2D eigenvalue weighted by molar-refractivity contribution is 1.06. The maximum Gasteiger partial charge on any atom is 0.239 e. The summed E-state index contributed by atoms with van der Waals surface area (Å²) in [5.74, 6) is 6.49. The van der Waals surface area contributed by atoms with Crippen LogP contribution in [0.3, 0.4) is 0 Å². The lowest BCUT2D eigenvalue weighted by Crippen LogP contribution is -2.15. The van der Waals surface area contributed by atoms with E-state index < -0.39 is 0 Å². The normalized spacial score (nSPS) is 10.1. The van der Waals surface area contributed by atoms with E-state index in [1.54, 1.807) is 6.20 Å². The summed E-state index contributed by atoms with van der Waals surface area (Å²) in [6, 6.07) is 9.97. The quantitative estimate of drug-likeness (QED) is 0.621. The minimum Gasteiger partial charge on any atom is -0.329 e. The standard InChI is InChI=1S/C12H15N5/c1-9-5-3-4-6-10(9)17(2)11-7-8-14-12(15-11)16-13/h3-8H,13H2,1-2H3,(H,14,15,16). The highest BCUT2D eigenvalue weighted by Gasteiger charge is 2.08. The Morgan fingerprint density at radius 1 is 1.24 bits per heavy atom. The molecule has 0 unspecified atom stereocenters. The van der Waals surface area contributed by atoms with Crippen LogP contribution in [-0.2, 0) is 0 Å². The van der Waals surface area contributed by atoms with Crippen LogP contribution in [0.15, 0.2) is 36.5 Å². The molecule has 1 aromatic heterocycles. The first kappa shape index (κ1) is 11.3. The summed E-state index contributed by atoms with van der Waals surface area (Å²) < 4.78 is 0. The molecule has 0 bridgehead atoms. The van der Waals surface area contributed by atoms with E-state index in [0.717, 1.165) is 11.5 Å². The van der Waals surface area contributed by atoms with Gasteiger partial charge in [0.05, 0.1) is 0 Å². The molecule has 1 aromatic carbocycles. The van der Waals surface area contributed by atoms with Gasteiger partial charge in [-0.2, -0.15) is 4.98 Å². The summed E-state index contributed by atoms with van der Waals surface area (Å²) in [5.41, 5.74) is 4.74. The maximum atomic E-state index is 5.29. The molecule has 1 heterocycles. The van der Waals surface area contributed by atoms with E-state index in [1.807, 2.05) is 36.2 Å². The highest BCUT2D eigenvalue weighted by molar-refractivity contribution is 5.63. The molecular formula is C12H15N5. The van der Waals surface area contributed by atoms with E-state index >= 15 is 0 Å². The van der Waals surface area contributed by atoms with Crippen LogP contribution in [-0.4, -0.2) is 17.0 Å². The van der Waals surface area contributed by atoms with Gasteiger partial charge in [0.25, 0.3) is 0 Å². The molecule has 88 valence electrons. The Hall–Kier alpha value is -2.14. The Kier molecular flexibility index (Phi) is 3.20. The summed E-state index contributed by atoms with van der Waals surface area (Å²) in [7, 11) is 1.96. The topological polar surface area (TPSA) is 67.1 Å². The molecule has 0 aliphatic rings. The molecule has 5 nitrogen and oxygen atoms in total. The van der Waals surface area contributed by atoms with E-state index in [-0.39, 0.29) is 0 Å². The molecule has 5 heteroatoms. The third-order valence-corrected chi connectivity index (χ3v) is 2.59. The molecule has 0 radical (unpaired) electrons. The zero-order chi connectivity index (χ0) is 12.3. The first-order valence-corrected chi connectivity index (χ1v) is 5.31. The summed E-state index contributed by atoms with van der Waals surface area (Å²) >= 11 is 0. The minimum atomic E-state index is 0.405. The highest BCUT2D eigenvalue weighted by Crippen LogP contribution is 2.24. The van der Waals surface area contributed by atoms with Gasteiger partial charge >= 0.3 is 0 Å². The van der Waals surface area contributed by atoms with E-state index in [2.05, 4.69) is 28.4 Å². The van der Waals surface area contributed by atoms with Crippen LogP contribution in [0.5, 0.6) is 0 Å². The van der Waals surface area contributed by atoms with Crippen LogP contribution in [0.4, 0.5) is 17.5 Å². The number of anilines is 3. The third kappa shape index (κ3) is 2.34. The molecule has 0 saturated carbocycles. The number of nitrogen functional groups attached to an aromatic ring is 1. The van der Waals surface area contributed by atoms with E-state index in [1.165, 1.54) is 5.56 Å². The summed E-state index contributed by atoms with van der Waals surface area (Å²) in [5, 5.41) is 0. The molecule has 0 amide bonds. The minimum absolute atomic E-state index is 0.405. The number of nitrogens with two attached hydrogens (primary N) is 1. The number of hydrogen-bond acceptors (Lipinski definition) is 5. The summed E-state index contributed by atoms with van der Waals surface area (Å²) in [6.07, 6.45) is 1.67. The van der Waals surface area contributed by atoms with Gasteiger partial charge in [0.15, 0.2) is 0 Å². The zero-order valence-electron chi connectivity index (χ0n) is 9.88. The summed E-state index contributed by atoms with van der Waals surface area (Å²) in [6.45, 7) is 2.06. The SMILES string of the molecule is Cc1ccccc1N(C)c1ccnc(NN)n1. The van der Waals surface area contributed by atoms with Gasteiger partial charge in [-0.25, -0.2) is 10.8 Å². The number of aromatic nitrogens is 2. The van der Waals surface area contributed by atoms with E-state index in [9.17, 15) is 0 Å². The van der Waals surface area contributed by atoms with Crippen molar-refractivity contribution in [2.75, 3.05) is 17.4 Å². The number of nitrogens with one attached hydrogen (secondary N) is 1. The van der Waals surface area contributed by atoms with E-state index in [4.69, 9.17) is 5.84 Å². The fourth-order valence-electron chi connectivity index (χ4n) is 1.67. The van der Waals surface area contributed by atoms with Gasteiger partial charge in [-0.05, 0) is 24.6 Å². The molecule has 2 rings (SSSR count). The lowest BCUT2D eigenvalue weighted by atomic mass is 10.2. The van der Waals surface area contributed by atoms with Crippen LogP contribution in [0.2, 0.25) is 0 Å². The first-order chi connectivity index (χ1) is 8.22. The van der Waals surface area contributed by atoms with E-state index in [0.29, 0.717) is 5.95 Å². The van der Waals surface area contributed by atoms with Crippen molar-refractivity contribution in [1.82, 2.24) is 9.97 Å². The maximum absolute atomic E-state index is 5.29. The fourth-order valence-corrected chi connectivity index (χ4v) is 1.67. The van der Waals surface area contributed by atoms with Gasteiger partial charge in [0.2, 0.25) is 5.95 Å². The Bertz CT molecular complexity index is 512. The summed E-state index contributed by atoms with van der Waals surface area (Å²) in [4.78, 5) is 10.3. The lowest BCUT2D eigenvalue weighted by Gasteiger charge is -2.20. The van der Waals surface area contributed by atoms with Crippen molar-refractivity contribution in [2.24, 2.45) is 5.84 Å². The fraction of sp³-hybridized carbons (Fsp3) is 0.167. The van der Waals surface area contributed by atoms with Crippen molar-refractivity contribution in [1.29, 1.82) is 0 Å².